The third kappa shape index (κ3) is 4.58. The summed E-state index contributed by atoms with van der Waals surface area (Å²) in [7, 11) is 1.64. The number of methoxy groups -OCH3 is 1. The maximum Gasteiger partial charge on any atom is 0.239 e. The number of hydrogen-bond acceptors (Lipinski definition) is 3. The van der Waals surface area contributed by atoms with Crippen molar-refractivity contribution >= 4 is 5.91 Å². The van der Waals surface area contributed by atoms with E-state index in [1.54, 1.807) is 21.0 Å². The van der Waals surface area contributed by atoms with Gasteiger partial charge in [0.05, 0.1) is 11.6 Å². The van der Waals surface area contributed by atoms with E-state index in [0.29, 0.717) is 12.5 Å². The number of nitrogens with one attached hydrogen (secondary N) is 1. The van der Waals surface area contributed by atoms with Gasteiger partial charge in [0.25, 0.3) is 0 Å². The Morgan fingerprint density at radius 2 is 2.00 bits per heavy atom. The molecule has 1 unspecified atom stereocenters. The van der Waals surface area contributed by atoms with Crippen LogP contribution in [0.5, 0.6) is 0 Å². The van der Waals surface area contributed by atoms with Crippen LogP contribution in [0, 0.1) is 5.92 Å². The molecule has 3 N–H and O–H groups in total. The van der Waals surface area contributed by atoms with Crippen LogP contribution in [-0.2, 0) is 9.53 Å². The van der Waals surface area contributed by atoms with Gasteiger partial charge in [-0.05, 0) is 19.8 Å². The van der Waals surface area contributed by atoms with Crippen LogP contribution in [-0.4, -0.2) is 31.2 Å². The highest BCUT2D eigenvalue weighted by Crippen LogP contribution is 2.04. The molecule has 0 bridgehead atoms. The van der Waals surface area contributed by atoms with Crippen molar-refractivity contribution in [1.29, 1.82) is 0 Å². The lowest BCUT2D eigenvalue weighted by Crippen LogP contribution is -2.51. The Morgan fingerprint density at radius 1 is 1.50 bits per heavy atom. The molecule has 0 aromatic rings. The van der Waals surface area contributed by atoms with E-state index < -0.39 is 5.54 Å². The van der Waals surface area contributed by atoms with Gasteiger partial charge < -0.3 is 15.8 Å². The SMILES string of the molecule is COC(CNC(=O)C(C)(C)N)C(C)C. The Labute approximate surface area is 86.2 Å². The van der Waals surface area contributed by atoms with E-state index in [2.05, 4.69) is 5.32 Å². The molecule has 4 heteroatoms. The first-order valence-corrected chi connectivity index (χ1v) is 4.89. The second-order valence-corrected chi connectivity index (χ2v) is 4.45. The van der Waals surface area contributed by atoms with Gasteiger partial charge in [0.2, 0.25) is 5.91 Å². The van der Waals surface area contributed by atoms with E-state index >= 15 is 0 Å². The molecule has 0 aromatic heterocycles. The lowest BCUT2D eigenvalue weighted by atomic mass is 10.0. The van der Waals surface area contributed by atoms with E-state index in [-0.39, 0.29) is 12.0 Å². The van der Waals surface area contributed by atoms with Crippen LogP contribution in [0.25, 0.3) is 0 Å². The summed E-state index contributed by atoms with van der Waals surface area (Å²) in [6.07, 6.45) is 0.0429. The molecule has 84 valence electrons. The van der Waals surface area contributed by atoms with Gasteiger partial charge in [-0.1, -0.05) is 13.8 Å². The second-order valence-electron chi connectivity index (χ2n) is 4.45. The molecule has 0 saturated heterocycles. The second kappa shape index (κ2) is 5.32. The van der Waals surface area contributed by atoms with E-state index in [1.165, 1.54) is 0 Å². The molecular formula is C10H22N2O2. The fraction of sp³-hybridized carbons (Fsp3) is 0.900. The molecule has 0 fully saturated rings. The summed E-state index contributed by atoms with van der Waals surface area (Å²) < 4.78 is 5.22. The average Bonchev–Trinajstić information content (AvgIpc) is 2.02. The van der Waals surface area contributed by atoms with Crippen molar-refractivity contribution < 1.29 is 9.53 Å². The third-order valence-corrected chi connectivity index (χ3v) is 2.10. The minimum absolute atomic E-state index is 0.0429. The molecule has 0 saturated carbocycles. The van der Waals surface area contributed by atoms with E-state index in [4.69, 9.17) is 10.5 Å². The van der Waals surface area contributed by atoms with Crippen molar-refractivity contribution in [2.45, 2.75) is 39.3 Å². The van der Waals surface area contributed by atoms with Crippen LogP contribution in [0.1, 0.15) is 27.7 Å². The molecule has 0 heterocycles. The summed E-state index contributed by atoms with van der Waals surface area (Å²) in [5.41, 5.74) is 4.81. The zero-order valence-corrected chi connectivity index (χ0v) is 9.76. The highest BCUT2D eigenvalue weighted by atomic mass is 16.5. The van der Waals surface area contributed by atoms with Gasteiger partial charge in [-0.2, -0.15) is 0 Å². The molecule has 0 aliphatic rings. The molecule has 0 aliphatic carbocycles. The number of carbonyl (C=O) groups excluding carboxylic acids is 1. The quantitative estimate of drug-likeness (QED) is 0.682. The summed E-state index contributed by atoms with van der Waals surface area (Å²) in [5, 5.41) is 2.77. The lowest BCUT2D eigenvalue weighted by molar-refractivity contribution is -0.125. The first kappa shape index (κ1) is 13.4. The van der Waals surface area contributed by atoms with E-state index in [0.717, 1.165) is 0 Å². The van der Waals surface area contributed by atoms with Gasteiger partial charge in [0.1, 0.15) is 0 Å². The predicted molar refractivity (Wildman–Crippen MR) is 56.9 cm³/mol. The monoisotopic (exact) mass is 202 g/mol. The summed E-state index contributed by atoms with van der Waals surface area (Å²) >= 11 is 0. The first-order valence-electron chi connectivity index (χ1n) is 4.89. The highest BCUT2D eigenvalue weighted by Gasteiger charge is 2.23. The Morgan fingerprint density at radius 3 is 2.29 bits per heavy atom. The van der Waals surface area contributed by atoms with Gasteiger partial charge in [-0.15, -0.1) is 0 Å². The largest absolute Gasteiger partial charge is 0.379 e. The fourth-order valence-corrected chi connectivity index (χ4v) is 1.01. The van der Waals surface area contributed by atoms with Crippen molar-refractivity contribution in [2.24, 2.45) is 11.7 Å². The first-order chi connectivity index (χ1) is 6.29. The van der Waals surface area contributed by atoms with Gasteiger partial charge in [-0.3, -0.25) is 4.79 Å². The standard InChI is InChI=1S/C10H22N2O2/c1-7(2)8(14-5)6-12-9(13)10(3,4)11/h7-8H,6,11H2,1-5H3,(H,12,13). The van der Waals surface area contributed by atoms with Crippen molar-refractivity contribution in [3.05, 3.63) is 0 Å². The summed E-state index contributed by atoms with van der Waals surface area (Å²) in [4.78, 5) is 11.4. The molecule has 1 atom stereocenters. The van der Waals surface area contributed by atoms with Gasteiger partial charge >= 0.3 is 0 Å². The van der Waals surface area contributed by atoms with Crippen LogP contribution < -0.4 is 11.1 Å². The zero-order chi connectivity index (χ0) is 11.4. The Bertz CT molecular complexity index is 185. The summed E-state index contributed by atoms with van der Waals surface area (Å²) in [6, 6.07) is 0. The van der Waals surface area contributed by atoms with Gasteiger partial charge in [-0.25, -0.2) is 0 Å². The number of ether oxygens (including phenoxy) is 1. The van der Waals surface area contributed by atoms with E-state index in [1.807, 2.05) is 13.8 Å². The lowest BCUT2D eigenvalue weighted by Gasteiger charge is -2.23. The molecule has 4 nitrogen and oxygen atoms in total. The van der Waals surface area contributed by atoms with Crippen LogP contribution in [0.15, 0.2) is 0 Å². The minimum atomic E-state index is -0.824. The molecule has 0 aromatic carbocycles. The molecule has 0 spiro atoms. The Hall–Kier alpha value is -0.610. The maximum absolute atomic E-state index is 11.4. The highest BCUT2D eigenvalue weighted by molar-refractivity contribution is 5.85. The molecule has 0 radical (unpaired) electrons. The maximum atomic E-state index is 11.4. The number of carbonyl (C=O) groups is 1. The number of hydrogen-bond donors (Lipinski definition) is 2. The number of nitrogens with two attached hydrogens (primary N) is 1. The molecular weight excluding hydrogens is 180 g/mol. The summed E-state index contributed by atoms with van der Waals surface area (Å²) in [5.74, 6) is 0.224. The zero-order valence-electron chi connectivity index (χ0n) is 9.76. The van der Waals surface area contributed by atoms with Gasteiger partial charge in [0, 0.05) is 13.7 Å². The summed E-state index contributed by atoms with van der Waals surface area (Å²) in [6.45, 7) is 7.97. The predicted octanol–water partition coefficient (Wildman–Crippen LogP) is 0.511. The Balaban J connectivity index is 3.99. The normalized spacial score (nSPS) is 14.2. The molecule has 0 aliphatic heterocycles. The third-order valence-electron chi connectivity index (χ3n) is 2.10. The van der Waals surface area contributed by atoms with Crippen molar-refractivity contribution in [3.8, 4) is 0 Å². The molecule has 1 amide bonds. The van der Waals surface area contributed by atoms with Crippen LogP contribution in [0.3, 0.4) is 0 Å². The van der Waals surface area contributed by atoms with Crippen LogP contribution in [0.4, 0.5) is 0 Å². The van der Waals surface area contributed by atoms with Crippen molar-refractivity contribution in [3.63, 3.8) is 0 Å². The Kier molecular flexibility index (Phi) is 5.08. The van der Waals surface area contributed by atoms with E-state index in [9.17, 15) is 4.79 Å². The molecule has 0 rings (SSSR count). The average molecular weight is 202 g/mol. The van der Waals surface area contributed by atoms with Crippen molar-refractivity contribution in [2.75, 3.05) is 13.7 Å². The fourth-order valence-electron chi connectivity index (χ4n) is 1.01. The minimum Gasteiger partial charge on any atom is -0.379 e. The van der Waals surface area contributed by atoms with Crippen LogP contribution >= 0.6 is 0 Å². The molecule has 14 heavy (non-hydrogen) atoms. The van der Waals surface area contributed by atoms with Crippen LogP contribution in [0.2, 0.25) is 0 Å². The van der Waals surface area contributed by atoms with Crippen molar-refractivity contribution in [1.82, 2.24) is 5.32 Å². The number of rotatable bonds is 5. The van der Waals surface area contributed by atoms with Gasteiger partial charge in [0.15, 0.2) is 0 Å². The smallest absolute Gasteiger partial charge is 0.239 e. The topological polar surface area (TPSA) is 64.3 Å². The number of amides is 1.